The van der Waals surface area contributed by atoms with Gasteiger partial charge in [0.2, 0.25) is 13.6 Å². The molecule has 0 aliphatic carbocycles. The highest BCUT2D eigenvalue weighted by Gasteiger charge is 2.28. The summed E-state index contributed by atoms with van der Waals surface area (Å²) < 4.78 is 22.0. The molecule has 0 saturated heterocycles. The Kier molecular flexibility index (Phi) is 3.38. The van der Waals surface area contributed by atoms with Gasteiger partial charge in [-0.3, -0.25) is 0 Å². The number of benzene rings is 3. The molecule has 0 spiro atoms. The molecule has 5 rings (SSSR count). The predicted octanol–water partition coefficient (Wildman–Crippen LogP) is 3.15. The van der Waals surface area contributed by atoms with E-state index in [1.165, 1.54) is 0 Å². The number of aromatic carboxylic acids is 1. The summed E-state index contributed by atoms with van der Waals surface area (Å²) in [5, 5.41) is 21.1. The van der Waals surface area contributed by atoms with E-state index in [2.05, 4.69) is 0 Å². The largest absolute Gasteiger partial charge is 0.478 e. The molecule has 2 bridgehead atoms. The number of rotatable bonds is 3. The normalized spacial score (nSPS) is 14.0. The Bertz CT molecular complexity index is 1100. The Labute approximate surface area is 153 Å². The quantitative estimate of drug-likeness (QED) is 0.735. The lowest BCUT2D eigenvalue weighted by Crippen LogP contribution is -2.12. The topological polar surface area (TPSA) is 94.5 Å². The molecule has 2 heterocycles. The third-order valence-electron chi connectivity index (χ3n) is 4.77. The Balaban J connectivity index is 1.96. The van der Waals surface area contributed by atoms with Crippen molar-refractivity contribution in [2.24, 2.45) is 0 Å². The highest BCUT2D eigenvalue weighted by atomic mass is 16.7. The lowest BCUT2D eigenvalue weighted by atomic mass is 9.88. The predicted molar refractivity (Wildman–Crippen MR) is 94.5 cm³/mol. The zero-order valence-corrected chi connectivity index (χ0v) is 14.0. The summed E-state index contributed by atoms with van der Waals surface area (Å²) in [7, 11) is 0. The number of ether oxygens (including phenoxy) is 4. The van der Waals surface area contributed by atoms with Gasteiger partial charge < -0.3 is 29.2 Å². The first-order valence-corrected chi connectivity index (χ1v) is 8.29. The molecule has 0 aromatic heterocycles. The van der Waals surface area contributed by atoms with Gasteiger partial charge in [0.15, 0.2) is 11.5 Å². The maximum absolute atomic E-state index is 12.2. The Hall–Kier alpha value is -3.45. The first kappa shape index (κ1) is 15.8. The number of hydrogen-bond acceptors (Lipinski definition) is 6. The van der Waals surface area contributed by atoms with Crippen molar-refractivity contribution in [3.63, 3.8) is 0 Å². The average molecular weight is 366 g/mol. The summed E-state index contributed by atoms with van der Waals surface area (Å²) in [4.78, 5) is 12.2. The highest BCUT2D eigenvalue weighted by Crippen LogP contribution is 2.48. The Morgan fingerprint density at radius 2 is 1.78 bits per heavy atom. The first-order valence-electron chi connectivity index (χ1n) is 8.29. The lowest BCUT2D eigenvalue weighted by molar-refractivity contribution is 0.0694. The van der Waals surface area contributed by atoms with Crippen LogP contribution in [0.4, 0.5) is 0 Å². The highest BCUT2D eigenvalue weighted by molar-refractivity contribution is 6.12. The fourth-order valence-electron chi connectivity index (χ4n) is 3.63. The van der Waals surface area contributed by atoms with Crippen LogP contribution in [0.25, 0.3) is 21.9 Å². The minimum atomic E-state index is -1.14. The second-order valence-electron chi connectivity index (χ2n) is 6.21. The van der Waals surface area contributed by atoms with Crippen LogP contribution in [-0.4, -0.2) is 29.8 Å². The molecule has 0 unspecified atom stereocenters. The van der Waals surface area contributed by atoms with Crippen LogP contribution in [-0.2, 0) is 6.61 Å². The summed E-state index contributed by atoms with van der Waals surface area (Å²) in [6.45, 7) is -0.294. The molecule has 0 radical (unpaired) electrons. The molecule has 0 fully saturated rings. The van der Waals surface area contributed by atoms with E-state index in [4.69, 9.17) is 18.9 Å². The van der Waals surface area contributed by atoms with E-state index in [-0.39, 0.29) is 19.1 Å². The van der Waals surface area contributed by atoms with Crippen molar-refractivity contribution in [1.29, 1.82) is 0 Å². The summed E-state index contributed by atoms with van der Waals surface area (Å²) in [5.74, 6) is 1.04. The molecule has 27 heavy (non-hydrogen) atoms. The van der Waals surface area contributed by atoms with Crippen LogP contribution < -0.4 is 18.9 Å². The van der Waals surface area contributed by atoms with Crippen molar-refractivity contribution >= 4 is 16.7 Å². The van der Waals surface area contributed by atoms with Crippen molar-refractivity contribution in [1.82, 2.24) is 0 Å². The molecule has 3 aromatic rings. The molecule has 0 saturated carbocycles. The maximum Gasteiger partial charge on any atom is 0.336 e. The number of aliphatic hydroxyl groups is 1. The minimum Gasteiger partial charge on any atom is -0.478 e. The maximum atomic E-state index is 12.2. The van der Waals surface area contributed by atoms with Gasteiger partial charge in [0.1, 0.15) is 11.5 Å². The summed E-state index contributed by atoms with van der Waals surface area (Å²) >= 11 is 0. The number of hydrogen-bond donors (Lipinski definition) is 2. The van der Waals surface area contributed by atoms with Crippen LogP contribution >= 0.6 is 0 Å². The van der Waals surface area contributed by atoms with Crippen LogP contribution in [0.3, 0.4) is 0 Å². The fourth-order valence-corrected chi connectivity index (χ4v) is 3.63. The van der Waals surface area contributed by atoms with Crippen LogP contribution in [0.5, 0.6) is 23.0 Å². The van der Waals surface area contributed by atoms with Crippen LogP contribution in [0.2, 0.25) is 0 Å². The summed E-state index contributed by atoms with van der Waals surface area (Å²) in [6, 6.07) is 10.5. The van der Waals surface area contributed by atoms with Crippen LogP contribution in [0.1, 0.15) is 15.9 Å². The number of carbonyl (C=O) groups is 1. The molecular weight excluding hydrogens is 352 g/mol. The van der Waals surface area contributed by atoms with Gasteiger partial charge in [-0.2, -0.15) is 0 Å². The minimum absolute atomic E-state index is 0.00740. The van der Waals surface area contributed by atoms with Gasteiger partial charge in [-0.05, 0) is 35.2 Å². The second-order valence-corrected chi connectivity index (χ2v) is 6.21. The SMILES string of the molecule is O=C(O)c1c(CO)cc2ccc3c(c2c1-c1ccc2cc1OCO2)OCO3. The van der Waals surface area contributed by atoms with Crippen molar-refractivity contribution in [2.45, 2.75) is 6.61 Å². The van der Waals surface area contributed by atoms with Gasteiger partial charge in [-0.1, -0.05) is 6.07 Å². The molecular formula is C20H14O7. The Morgan fingerprint density at radius 1 is 0.963 bits per heavy atom. The van der Waals surface area contributed by atoms with E-state index < -0.39 is 12.6 Å². The molecule has 2 aliphatic heterocycles. The molecule has 7 heteroatoms. The van der Waals surface area contributed by atoms with Crippen LogP contribution in [0.15, 0.2) is 36.4 Å². The smallest absolute Gasteiger partial charge is 0.336 e. The van der Waals surface area contributed by atoms with E-state index in [0.717, 1.165) is 5.39 Å². The molecule has 2 aliphatic rings. The van der Waals surface area contributed by atoms with E-state index in [1.807, 2.05) is 6.07 Å². The van der Waals surface area contributed by atoms with E-state index in [9.17, 15) is 15.0 Å². The van der Waals surface area contributed by atoms with Gasteiger partial charge in [0, 0.05) is 22.6 Å². The van der Waals surface area contributed by atoms with Gasteiger partial charge in [-0.15, -0.1) is 0 Å². The molecule has 0 amide bonds. The zero-order valence-electron chi connectivity index (χ0n) is 14.0. The number of carboxylic acids is 1. The van der Waals surface area contributed by atoms with E-state index >= 15 is 0 Å². The first-order chi connectivity index (χ1) is 13.2. The molecule has 3 aromatic carbocycles. The Morgan fingerprint density at radius 3 is 2.59 bits per heavy atom. The number of carboxylic acid groups (broad SMARTS) is 1. The van der Waals surface area contributed by atoms with Gasteiger partial charge in [-0.25, -0.2) is 4.79 Å². The van der Waals surface area contributed by atoms with Crippen molar-refractivity contribution < 1.29 is 34.0 Å². The third-order valence-corrected chi connectivity index (χ3v) is 4.77. The molecule has 0 atom stereocenters. The number of aliphatic hydroxyl groups excluding tert-OH is 1. The monoisotopic (exact) mass is 366 g/mol. The van der Waals surface area contributed by atoms with Crippen molar-refractivity contribution in [3.05, 3.63) is 47.5 Å². The molecule has 2 N–H and O–H groups in total. The fraction of sp³-hybridized carbons (Fsp3) is 0.150. The van der Waals surface area contributed by atoms with E-state index in [0.29, 0.717) is 45.1 Å². The van der Waals surface area contributed by atoms with Crippen molar-refractivity contribution in [3.8, 4) is 34.1 Å². The van der Waals surface area contributed by atoms with Crippen LogP contribution in [0, 0.1) is 0 Å². The number of fused-ring (bicyclic) bond motifs is 5. The summed E-state index contributed by atoms with van der Waals surface area (Å²) in [5.41, 5.74) is 1.33. The van der Waals surface area contributed by atoms with Gasteiger partial charge in [0.25, 0.3) is 0 Å². The molecule has 136 valence electrons. The standard InChI is InChI=1S/C20H14O7/c21-7-11-5-10-1-4-14-19(27-9-25-14)16(10)18(17(11)20(22)23)13-3-2-12-6-15(13)26-8-24-12/h1-6,21H,7-9H2,(H,22,23). The zero-order chi connectivity index (χ0) is 18.5. The lowest BCUT2D eigenvalue weighted by Gasteiger charge is -2.22. The summed E-state index contributed by atoms with van der Waals surface area (Å²) in [6.07, 6.45) is 0. The van der Waals surface area contributed by atoms with Crippen molar-refractivity contribution in [2.75, 3.05) is 13.6 Å². The second kappa shape index (κ2) is 5.78. The molecule has 7 nitrogen and oxygen atoms in total. The third kappa shape index (κ3) is 2.29. The average Bonchev–Trinajstić information content (AvgIpc) is 3.15. The van der Waals surface area contributed by atoms with Gasteiger partial charge >= 0.3 is 5.97 Å². The van der Waals surface area contributed by atoms with E-state index in [1.54, 1.807) is 30.3 Å². The van der Waals surface area contributed by atoms with Gasteiger partial charge in [0.05, 0.1) is 12.2 Å².